The number of hydrogen-bond donors (Lipinski definition) is 6. The van der Waals surface area contributed by atoms with Crippen LogP contribution in [-0.2, 0) is 28.8 Å². The van der Waals surface area contributed by atoms with Crippen LogP contribution in [0.15, 0.2) is 0 Å². The van der Waals surface area contributed by atoms with E-state index in [4.69, 9.17) is 17.2 Å². The highest BCUT2D eigenvalue weighted by Crippen LogP contribution is 2.08. The lowest BCUT2D eigenvalue weighted by Gasteiger charge is -2.25. The van der Waals surface area contributed by atoms with E-state index < -0.39 is 66.5 Å². The van der Waals surface area contributed by atoms with Gasteiger partial charge < -0.3 is 33.2 Å². The SMILES string of the molecule is CC(C)C[C@@H]([C]=O)NC(=O)[C@H](CC(C)C)NC(=O)[C@H](CC(N)=O)NC(=O)[C@@H](N)CC(N)=O. The third-order valence-corrected chi connectivity index (χ3v) is 4.30. The van der Waals surface area contributed by atoms with Gasteiger partial charge in [-0.3, -0.25) is 28.8 Å². The summed E-state index contributed by atoms with van der Waals surface area (Å²) in [4.78, 5) is 71.1. The minimum Gasteiger partial charge on any atom is -0.370 e. The van der Waals surface area contributed by atoms with Gasteiger partial charge in [-0.2, -0.15) is 0 Å². The fourth-order valence-corrected chi connectivity index (χ4v) is 2.85. The molecule has 5 amide bonds. The van der Waals surface area contributed by atoms with Crippen molar-refractivity contribution in [3.05, 3.63) is 0 Å². The zero-order valence-corrected chi connectivity index (χ0v) is 19.0. The van der Waals surface area contributed by atoms with Gasteiger partial charge in [0.05, 0.1) is 24.9 Å². The molecule has 0 heterocycles. The minimum absolute atomic E-state index is 0.0111. The monoisotopic (exact) mass is 455 g/mol. The molecule has 0 aromatic rings. The van der Waals surface area contributed by atoms with Gasteiger partial charge >= 0.3 is 0 Å². The van der Waals surface area contributed by atoms with Gasteiger partial charge in [-0.1, -0.05) is 27.7 Å². The number of hydrogen-bond acceptors (Lipinski definition) is 7. The Hall–Kier alpha value is -3.02. The Kier molecular flexibility index (Phi) is 12.8. The number of carbonyl (C=O) groups is 5. The Bertz CT molecular complexity index is 696. The zero-order valence-electron chi connectivity index (χ0n) is 19.0. The van der Waals surface area contributed by atoms with Gasteiger partial charge in [0.2, 0.25) is 35.8 Å². The van der Waals surface area contributed by atoms with Crippen molar-refractivity contribution >= 4 is 35.8 Å². The first-order chi connectivity index (χ1) is 14.8. The molecule has 12 heteroatoms. The molecular weight excluding hydrogens is 420 g/mol. The third-order valence-electron chi connectivity index (χ3n) is 4.30. The summed E-state index contributed by atoms with van der Waals surface area (Å²) >= 11 is 0. The van der Waals surface area contributed by atoms with Crippen molar-refractivity contribution in [3.63, 3.8) is 0 Å². The lowest BCUT2D eigenvalue weighted by atomic mass is 10.0. The van der Waals surface area contributed by atoms with E-state index in [1.807, 2.05) is 27.7 Å². The Morgan fingerprint density at radius 2 is 1.19 bits per heavy atom. The average Bonchev–Trinajstić information content (AvgIpc) is 2.64. The second-order valence-electron chi connectivity index (χ2n) is 8.51. The number of amides is 5. The van der Waals surface area contributed by atoms with Gasteiger partial charge in [-0.15, -0.1) is 0 Å². The number of nitrogens with two attached hydrogens (primary N) is 3. The number of carbonyl (C=O) groups excluding carboxylic acids is 6. The van der Waals surface area contributed by atoms with Gasteiger partial charge in [0.1, 0.15) is 12.1 Å². The summed E-state index contributed by atoms with van der Waals surface area (Å²) in [5, 5.41) is 7.28. The first kappa shape index (κ1) is 29.0. The van der Waals surface area contributed by atoms with Crippen LogP contribution in [0.5, 0.6) is 0 Å². The van der Waals surface area contributed by atoms with Crippen molar-refractivity contribution < 1.29 is 28.8 Å². The Labute approximate surface area is 187 Å². The lowest BCUT2D eigenvalue weighted by Crippen LogP contribution is -2.57. The van der Waals surface area contributed by atoms with Crippen LogP contribution in [0.4, 0.5) is 0 Å². The van der Waals surface area contributed by atoms with Crippen molar-refractivity contribution in [2.45, 2.75) is 77.5 Å². The van der Waals surface area contributed by atoms with Crippen molar-refractivity contribution in [2.75, 3.05) is 0 Å². The molecule has 0 aliphatic carbocycles. The largest absolute Gasteiger partial charge is 0.370 e. The van der Waals surface area contributed by atoms with Crippen LogP contribution in [-0.4, -0.2) is 60.0 Å². The molecule has 12 nitrogen and oxygen atoms in total. The molecular formula is C20H35N6O6. The van der Waals surface area contributed by atoms with E-state index in [0.29, 0.717) is 6.42 Å². The lowest BCUT2D eigenvalue weighted by molar-refractivity contribution is -0.134. The normalized spacial score (nSPS) is 14.7. The Balaban J connectivity index is 5.44. The molecule has 0 saturated heterocycles. The van der Waals surface area contributed by atoms with Crippen LogP contribution < -0.4 is 33.2 Å². The highest BCUT2D eigenvalue weighted by atomic mass is 16.2. The van der Waals surface area contributed by atoms with E-state index in [0.717, 1.165) is 0 Å². The number of nitrogens with one attached hydrogen (secondary N) is 3. The molecule has 0 unspecified atom stereocenters. The summed E-state index contributed by atoms with van der Waals surface area (Å²) in [6, 6.07) is -4.64. The van der Waals surface area contributed by atoms with Crippen LogP contribution in [0, 0.1) is 11.8 Å². The van der Waals surface area contributed by atoms with Gasteiger partial charge in [0, 0.05) is 0 Å². The zero-order chi connectivity index (χ0) is 25.0. The molecule has 4 atom stereocenters. The molecule has 0 aliphatic rings. The van der Waals surface area contributed by atoms with Crippen LogP contribution in [0.2, 0.25) is 0 Å². The Morgan fingerprint density at radius 3 is 1.62 bits per heavy atom. The van der Waals surface area contributed by atoms with Crippen LogP contribution in [0.3, 0.4) is 0 Å². The van der Waals surface area contributed by atoms with Gasteiger partial charge in [-0.25, -0.2) is 0 Å². The standard InChI is InChI=1S/C20H35N6O6/c1-10(2)5-12(9-27)24-19(31)14(6-11(3)4)26-20(32)15(8-17(23)29)25-18(30)13(21)7-16(22)28/h10-15H,5-8,21H2,1-4H3,(H2,22,28)(H2,23,29)(H,24,31)(H,25,30)(H,26,32)/t12-,13-,14-,15-/m0/s1. The molecule has 0 spiro atoms. The molecule has 0 bridgehead atoms. The van der Waals surface area contributed by atoms with Crippen LogP contribution in [0.25, 0.3) is 0 Å². The molecule has 0 saturated carbocycles. The summed E-state index contributed by atoms with van der Waals surface area (Å²) in [6.45, 7) is 7.42. The quantitative estimate of drug-likeness (QED) is 0.159. The van der Waals surface area contributed by atoms with E-state index in [1.54, 1.807) is 6.29 Å². The second-order valence-corrected chi connectivity index (χ2v) is 8.51. The predicted octanol–water partition coefficient (Wildman–Crippen LogP) is -2.28. The maximum Gasteiger partial charge on any atom is 0.243 e. The van der Waals surface area contributed by atoms with Crippen LogP contribution in [0.1, 0.15) is 53.4 Å². The maximum atomic E-state index is 12.8. The molecule has 0 aromatic heterocycles. The topological polar surface area (TPSA) is 217 Å². The van der Waals surface area contributed by atoms with Crippen molar-refractivity contribution in [1.82, 2.24) is 16.0 Å². The highest BCUT2D eigenvalue weighted by molar-refractivity contribution is 5.96. The van der Waals surface area contributed by atoms with Gasteiger partial charge in [0.25, 0.3) is 0 Å². The van der Waals surface area contributed by atoms with Gasteiger partial charge in [0.15, 0.2) is 0 Å². The van der Waals surface area contributed by atoms with E-state index in [1.165, 1.54) is 0 Å². The summed E-state index contributed by atoms with van der Waals surface area (Å²) in [5.41, 5.74) is 15.7. The van der Waals surface area contributed by atoms with Crippen LogP contribution >= 0.6 is 0 Å². The smallest absolute Gasteiger partial charge is 0.243 e. The molecule has 32 heavy (non-hydrogen) atoms. The van der Waals surface area contributed by atoms with E-state index in [2.05, 4.69) is 16.0 Å². The van der Waals surface area contributed by atoms with E-state index in [-0.39, 0.29) is 18.3 Å². The summed E-state index contributed by atoms with van der Waals surface area (Å²) in [7, 11) is 0. The first-order valence-electron chi connectivity index (χ1n) is 10.4. The molecule has 9 N–H and O–H groups in total. The minimum atomic E-state index is -1.43. The van der Waals surface area contributed by atoms with E-state index >= 15 is 0 Å². The summed E-state index contributed by atoms with van der Waals surface area (Å²) in [5.74, 6) is -3.92. The maximum absolute atomic E-state index is 12.8. The molecule has 0 aliphatic heterocycles. The number of primary amides is 2. The summed E-state index contributed by atoms with van der Waals surface area (Å²) < 4.78 is 0. The molecule has 0 fully saturated rings. The van der Waals surface area contributed by atoms with Crippen molar-refractivity contribution in [1.29, 1.82) is 0 Å². The van der Waals surface area contributed by atoms with Crippen molar-refractivity contribution in [3.8, 4) is 0 Å². The molecule has 1 radical (unpaired) electrons. The fraction of sp³-hybridized carbons (Fsp3) is 0.700. The highest BCUT2D eigenvalue weighted by Gasteiger charge is 2.30. The number of rotatable bonds is 15. The van der Waals surface area contributed by atoms with Gasteiger partial charge in [-0.05, 0) is 24.7 Å². The second kappa shape index (κ2) is 14.1. The average molecular weight is 456 g/mol. The fourth-order valence-electron chi connectivity index (χ4n) is 2.85. The predicted molar refractivity (Wildman–Crippen MR) is 116 cm³/mol. The molecule has 0 aromatic carbocycles. The van der Waals surface area contributed by atoms with Crippen molar-refractivity contribution in [2.24, 2.45) is 29.0 Å². The van der Waals surface area contributed by atoms with E-state index in [9.17, 15) is 28.8 Å². The summed E-state index contributed by atoms with van der Waals surface area (Å²) in [6.07, 6.45) is 1.34. The molecule has 0 rings (SSSR count). The third kappa shape index (κ3) is 12.0. The Morgan fingerprint density at radius 1 is 0.719 bits per heavy atom. The first-order valence-corrected chi connectivity index (χ1v) is 10.4. The molecule has 181 valence electrons.